The Morgan fingerprint density at radius 2 is 1.20 bits per heavy atom. The summed E-state index contributed by atoms with van der Waals surface area (Å²) in [5.41, 5.74) is 2.48. The fraction of sp³-hybridized carbons (Fsp3) is 0.395. The van der Waals surface area contributed by atoms with Crippen LogP contribution in [0.2, 0.25) is 0 Å². The highest BCUT2D eigenvalue weighted by molar-refractivity contribution is 5.99. The zero-order valence-electron chi connectivity index (χ0n) is 29.4. The highest BCUT2D eigenvalue weighted by atomic mass is 16.5. The van der Waals surface area contributed by atoms with Crippen LogP contribution in [0.25, 0.3) is 0 Å². The van der Waals surface area contributed by atoms with Crippen molar-refractivity contribution in [3.05, 3.63) is 89.5 Å². The first-order valence-electron chi connectivity index (χ1n) is 16.5. The van der Waals surface area contributed by atoms with Gasteiger partial charge in [0.05, 0.1) is 13.0 Å². The highest BCUT2D eigenvalue weighted by Gasteiger charge is 2.29. The van der Waals surface area contributed by atoms with Gasteiger partial charge in [-0.25, -0.2) is 14.4 Å². The summed E-state index contributed by atoms with van der Waals surface area (Å²) in [6, 6.07) is 17.5. The van der Waals surface area contributed by atoms with E-state index in [1.165, 1.54) is 0 Å². The molecule has 0 spiro atoms. The molecular formula is C38H48N4O8. The average molecular weight is 689 g/mol. The summed E-state index contributed by atoms with van der Waals surface area (Å²) in [4.78, 5) is 63.2. The van der Waals surface area contributed by atoms with E-state index in [4.69, 9.17) is 4.74 Å². The molecule has 4 amide bonds. The normalized spacial score (nSPS) is 13.0. The Hall–Kier alpha value is -5.39. The standard InChI is InChI=1S/C38H48N4O8/c1-23(2)19-30(24-11-13-27(14-12-24)39-37(49)40-28-15-17-29(50-6)18-16-28)34(44)42-32(36(47)48)21-26-10-8-7-9-25(26)20-31(35(45)46)41-33(43)22-38(3,4)5/h7-18,23,30-32H,19-22H2,1-6H3,(H,41,43)(H,42,44)(H,45,46)(H,47,48)(H2,39,40,49). The molecule has 0 bridgehead atoms. The van der Waals surface area contributed by atoms with Crippen molar-refractivity contribution in [2.45, 2.75) is 78.3 Å². The largest absolute Gasteiger partial charge is 0.497 e. The minimum Gasteiger partial charge on any atom is -0.497 e. The Labute approximate surface area is 293 Å². The molecule has 0 radical (unpaired) electrons. The maximum absolute atomic E-state index is 13.7. The summed E-state index contributed by atoms with van der Waals surface area (Å²) in [7, 11) is 1.55. The minimum atomic E-state index is -1.31. The van der Waals surface area contributed by atoms with Crippen molar-refractivity contribution in [2.24, 2.45) is 11.3 Å². The summed E-state index contributed by atoms with van der Waals surface area (Å²) in [6.45, 7) is 9.56. The molecule has 3 rings (SSSR count). The van der Waals surface area contributed by atoms with E-state index in [9.17, 15) is 34.2 Å². The zero-order valence-corrected chi connectivity index (χ0v) is 29.4. The smallest absolute Gasteiger partial charge is 0.326 e. The van der Waals surface area contributed by atoms with E-state index in [2.05, 4.69) is 21.3 Å². The molecule has 0 fully saturated rings. The molecule has 0 aliphatic carbocycles. The van der Waals surface area contributed by atoms with Gasteiger partial charge in [-0.05, 0) is 70.8 Å². The van der Waals surface area contributed by atoms with E-state index in [-0.39, 0.29) is 30.6 Å². The van der Waals surface area contributed by atoms with Crippen LogP contribution in [0.15, 0.2) is 72.8 Å². The van der Waals surface area contributed by atoms with Crippen molar-refractivity contribution < 1.29 is 38.9 Å². The molecule has 3 unspecified atom stereocenters. The van der Waals surface area contributed by atoms with Gasteiger partial charge >= 0.3 is 18.0 Å². The van der Waals surface area contributed by atoms with Gasteiger partial charge in [-0.2, -0.15) is 0 Å². The first-order valence-corrected chi connectivity index (χ1v) is 16.5. The lowest BCUT2D eigenvalue weighted by atomic mass is 9.88. The average Bonchev–Trinajstić information content (AvgIpc) is 3.03. The third-order valence-corrected chi connectivity index (χ3v) is 7.85. The highest BCUT2D eigenvalue weighted by Crippen LogP contribution is 2.27. The van der Waals surface area contributed by atoms with Crippen LogP contribution in [-0.4, -0.2) is 59.2 Å². The van der Waals surface area contributed by atoms with Crippen LogP contribution < -0.4 is 26.0 Å². The summed E-state index contributed by atoms with van der Waals surface area (Å²) < 4.78 is 5.13. The van der Waals surface area contributed by atoms with Gasteiger partial charge in [0, 0.05) is 30.6 Å². The Balaban J connectivity index is 1.73. The van der Waals surface area contributed by atoms with Gasteiger partial charge in [-0.3, -0.25) is 9.59 Å². The Bertz CT molecular complexity index is 1630. The molecule has 268 valence electrons. The molecule has 3 atom stereocenters. The fourth-order valence-corrected chi connectivity index (χ4v) is 5.43. The predicted octanol–water partition coefficient (Wildman–Crippen LogP) is 5.83. The molecule has 0 aliphatic rings. The summed E-state index contributed by atoms with van der Waals surface area (Å²) in [5, 5.41) is 30.8. The molecule has 12 heteroatoms. The quantitative estimate of drug-likeness (QED) is 0.109. The van der Waals surface area contributed by atoms with E-state index >= 15 is 0 Å². The number of carbonyl (C=O) groups is 5. The zero-order chi connectivity index (χ0) is 37.0. The first kappa shape index (κ1) is 39.1. The van der Waals surface area contributed by atoms with Crippen LogP contribution >= 0.6 is 0 Å². The lowest BCUT2D eigenvalue weighted by Gasteiger charge is -2.24. The van der Waals surface area contributed by atoms with Crippen molar-refractivity contribution in [3.8, 4) is 5.75 Å². The molecule has 12 nitrogen and oxygen atoms in total. The molecule has 3 aromatic rings. The van der Waals surface area contributed by atoms with Gasteiger partial charge in [-0.1, -0.05) is 71.0 Å². The molecule has 0 saturated heterocycles. The van der Waals surface area contributed by atoms with Crippen LogP contribution in [0.3, 0.4) is 0 Å². The van der Waals surface area contributed by atoms with Gasteiger partial charge in [0.15, 0.2) is 0 Å². The second-order valence-electron chi connectivity index (χ2n) is 13.9. The van der Waals surface area contributed by atoms with Crippen LogP contribution in [0.1, 0.15) is 70.1 Å². The van der Waals surface area contributed by atoms with E-state index in [1.54, 1.807) is 79.9 Å². The first-order chi connectivity index (χ1) is 23.5. The second kappa shape index (κ2) is 17.8. The SMILES string of the molecule is COc1ccc(NC(=O)Nc2ccc(C(CC(C)C)C(=O)NC(Cc3ccccc3CC(NC(=O)CC(C)(C)C)C(=O)O)C(=O)O)cc2)cc1. The van der Waals surface area contributed by atoms with Gasteiger partial charge < -0.3 is 36.2 Å². The number of nitrogens with one attached hydrogen (secondary N) is 4. The monoisotopic (exact) mass is 688 g/mol. The Morgan fingerprint density at radius 3 is 1.64 bits per heavy atom. The maximum Gasteiger partial charge on any atom is 0.326 e. The molecule has 0 aromatic heterocycles. The number of hydrogen-bond acceptors (Lipinski definition) is 6. The molecule has 6 N–H and O–H groups in total. The second-order valence-corrected chi connectivity index (χ2v) is 13.9. The van der Waals surface area contributed by atoms with Crippen LogP contribution in [0, 0.1) is 11.3 Å². The van der Waals surface area contributed by atoms with Crippen molar-refractivity contribution >= 4 is 41.2 Å². The Kier molecular flexibility index (Phi) is 13.9. The third-order valence-electron chi connectivity index (χ3n) is 7.85. The number of hydrogen-bond donors (Lipinski definition) is 6. The van der Waals surface area contributed by atoms with E-state index in [0.29, 0.717) is 40.2 Å². The lowest BCUT2D eigenvalue weighted by Crippen LogP contribution is -2.45. The number of carboxylic acids is 2. The Morgan fingerprint density at radius 1 is 0.720 bits per heavy atom. The van der Waals surface area contributed by atoms with E-state index in [1.807, 2.05) is 34.6 Å². The molecule has 50 heavy (non-hydrogen) atoms. The number of methoxy groups -OCH3 is 1. The maximum atomic E-state index is 13.7. The summed E-state index contributed by atoms with van der Waals surface area (Å²) in [5.74, 6) is -3.23. The number of anilines is 2. The number of carboxylic acid groups (broad SMARTS) is 2. The fourth-order valence-electron chi connectivity index (χ4n) is 5.43. The molecule has 3 aromatic carbocycles. The van der Waals surface area contributed by atoms with Crippen LogP contribution in [-0.2, 0) is 32.0 Å². The molecule has 0 heterocycles. The minimum absolute atomic E-state index is 0.0594. The number of benzene rings is 3. The third kappa shape index (κ3) is 12.6. The van der Waals surface area contributed by atoms with Gasteiger partial charge in [0.25, 0.3) is 0 Å². The van der Waals surface area contributed by atoms with Gasteiger partial charge in [0.2, 0.25) is 11.8 Å². The number of ether oxygens (including phenoxy) is 1. The number of urea groups is 1. The number of aliphatic carboxylic acids is 2. The van der Waals surface area contributed by atoms with Crippen LogP contribution in [0.4, 0.5) is 16.2 Å². The van der Waals surface area contributed by atoms with Crippen LogP contribution in [0.5, 0.6) is 5.75 Å². The van der Waals surface area contributed by atoms with Gasteiger partial charge in [-0.15, -0.1) is 0 Å². The number of amides is 4. The predicted molar refractivity (Wildman–Crippen MR) is 191 cm³/mol. The lowest BCUT2D eigenvalue weighted by molar-refractivity contribution is -0.142. The molecule has 0 saturated carbocycles. The number of rotatable bonds is 16. The van der Waals surface area contributed by atoms with Crippen molar-refractivity contribution in [1.82, 2.24) is 10.6 Å². The van der Waals surface area contributed by atoms with E-state index in [0.717, 1.165) is 0 Å². The van der Waals surface area contributed by atoms with Crippen molar-refractivity contribution in [1.29, 1.82) is 0 Å². The van der Waals surface area contributed by atoms with Crippen molar-refractivity contribution in [2.75, 3.05) is 17.7 Å². The summed E-state index contributed by atoms with van der Waals surface area (Å²) >= 11 is 0. The number of carbonyl (C=O) groups excluding carboxylic acids is 3. The van der Waals surface area contributed by atoms with Crippen molar-refractivity contribution in [3.63, 3.8) is 0 Å². The van der Waals surface area contributed by atoms with E-state index < -0.39 is 47.8 Å². The summed E-state index contributed by atoms with van der Waals surface area (Å²) in [6.07, 6.45) is 0.423. The molecular weight excluding hydrogens is 640 g/mol. The van der Waals surface area contributed by atoms with Gasteiger partial charge in [0.1, 0.15) is 17.8 Å². The molecule has 0 aliphatic heterocycles. The topological polar surface area (TPSA) is 183 Å².